The van der Waals surface area contributed by atoms with Crippen LogP contribution < -0.4 is 5.32 Å². The van der Waals surface area contributed by atoms with Crippen LogP contribution in [0.4, 0.5) is 5.95 Å². The fraction of sp³-hybridized carbons (Fsp3) is 0.400. The van der Waals surface area contributed by atoms with Crippen molar-refractivity contribution in [3.63, 3.8) is 0 Å². The maximum Gasteiger partial charge on any atom is 0.207 e. The fourth-order valence-electron chi connectivity index (χ4n) is 2.68. The predicted molar refractivity (Wildman–Crippen MR) is 86.8 cm³/mol. The number of hydrogen-bond acceptors (Lipinski definition) is 2. The van der Waals surface area contributed by atoms with E-state index < -0.39 is 0 Å². The van der Waals surface area contributed by atoms with E-state index in [1.54, 1.807) is 0 Å². The summed E-state index contributed by atoms with van der Waals surface area (Å²) < 4.78 is 3.39. The molecule has 1 fully saturated rings. The average Bonchev–Trinajstić information content (AvgIpc) is 2.88. The largest absolute Gasteiger partial charge is 0.353 e. The van der Waals surface area contributed by atoms with Crippen LogP contribution in [0.2, 0.25) is 0 Å². The Morgan fingerprint density at radius 2 is 1.95 bits per heavy atom. The third-order valence-corrected chi connectivity index (χ3v) is 4.60. The number of aromatic nitrogens is 2. The van der Waals surface area contributed by atoms with E-state index in [2.05, 4.69) is 61.7 Å². The van der Waals surface area contributed by atoms with E-state index >= 15 is 0 Å². The fourth-order valence-corrected chi connectivity index (χ4v) is 3.33. The van der Waals surface area contributed by atoms with Crippen LogP contribution in [0.15, 0.2) is 36.7 Å². The van der Waals surface area contributed by atoms with Gasteiger partial charge in [0.25, 0.3) is 0 Å². The number of nitrogens with one attached hydrogen (secondary N) is 1. The molecule has 1 saturated carbocycles. The summed E-state index contributed by atoms with van der Waals surface area (Å²) in [5.74, 6) is 0.969. The van der Waals surface area contributed by atoms with Crippen LogP contribution in [-0.4, -0.2) is 15.6 Å². The Hall–Kier alpha value is -1.04. The maximum atomic E-state index is 4.48. The Morgan fingerprint density at radius 3 is 2.74 bits per heavy atom. The number of imidazole rings is 1. The second-order valence-corrected chi connectivity index (χ2v) is 6.21. The molecule has 0 atom stereocenters. The van der Waals surface area contributed by atoms with Crippen LogP contribution in [0.3, 0.4) is 0 Å². The Bertz CT molecular complexity index is 544. The molecule has 1 aliphatic rings. The van der Waals surface area contributed by atoms with Crippen LogP contribution in [0.5, 0.6) is 0 Å². The van der Waals surface area contributed by atoms with Gasteiger partial charge in [-0.05, 0) is 47.6 Å². The van der Waals surface area contributed by atoms with Crippen LogP contribution in [0.25, 0.3) is 5.69 Å². The zero-order valence-corrected chi connectivity index (χ0v) is 13.0. The molecule has 0 spiro atoms. The highest BCUT2D eigenvalue weighted by Crippen LogP contribution is 2.24. The number of halogens is 1. The SMILES string of the molecule is Ic1ccccc1-n1ccnc1NC1CCCCC1. The molecule has 0 amide bonds. The molecular weight excluding hydrogens is 349 g/mol. The van der Waals surface area contributed by atoms with Gasteiger partial charge < -0.3 is 5.32 Å². The lowest BCUT2D eigenvalue weighted by Gasteiger charge is -2.23. The van der Waals surface area contributed by atoms with E-state index in [4.69, 9.17) is 0 Å². The molecule has 100 valence electrons. The Balaban J connectivity index is 1.84. The summed E-state index contributed by atoms with van der Waals surface area (Å²) in [4.78, 5) is 4.48. The van der Waals surface area contributed by atoms with Crippen molar-refractivity contribution in [3.05, 3.63) is 40.2 Å². The second kappa shape index (κ2) is 5.94. The van der Waals surface area contributed by atoms with Crippen molar-refractivity contribution in [2.24, 2.45) is 0 Å². The van der Waals surface area contributed by atoms with Crippen molar-refractivity contribution >= 4 is 28.5 Å². The minimum Gasteiger partial charge on any atom is -0.353 e. The van der Waals surface area contributed by atoms with Gasteiger partial charge in [-0.1, -0.05) is 31.4 Å². The maximum absolute atomic E-state index is 4.48. The summed E-state index contributed by atoms with van der Waals surface area (Å²) in [5.41, 5.74) is 1.19. The van der Waals surface area contributed by atoms with E-state index in [9.17, 15) is 0 Å². The van der Waals surface area contributed by atoms with Crippen LogP contribution in [0, 0.1) is 3.57 Å². The smallest absolute Gasteiger partial charge is 0.207 e. The van der Waals surface area contributed by atoms with Gasteiger partial charge in [0, 0.05) is 22.0 Å². The highest BCUT2D eigenvalue weighted by Gasteiger charge is 2.16. The number of benzene rings is 1. The molecule has 1 N–H and O–H groups in total. The average molecular weight is 367 g/mol. The molecule has 19 heavy (non-hydrogen) atoms. The van der Waals surface area contributed by atoms with Crippen LogP contribution >= 0.6 is 22.6 Å². The lowest BCUT2D eigenvalue weighted by molar-refractivity contribution is 0.460. The van der Waals surface area contributed by atoms with Gasteiger partial charge in [-0.25, -0.2) is 4.98 Å². The van der Waals surface area contributed by atoms with Gasteiger partial charge in [0.2, 0.25) is 5.95 Å². The second-order valence-electron chi connectivity index (χ2n) is 5.05. The van der Waals surface area contributed by atoms with Crippen molar-refractivity contribution in [1.82, 2.24) is 9.55 Å². The molecule has 1 aliphatic carbocycles. The first kappa shape index (κ1) is 13.0. The first-order valence-electron chi connectivity index (χ1n) is 6.89. The molecule has 0 radical (unpaired) electrons. The van der Waals surface area contributed by atoms with Gasteiger partial charge in [-0.3, -0.25) is 4.57 Å². The number of nitrogens with zero attached hydrogens (tertiary/aromatic N) is 2. The third-order valence-electron chi connectivity index (χ3n) is 3.69. The highest BCUT2D eigenvalue weighted by atomic mass is 127. The molecule has 0 saturated heterocycles. The summed E-state index contributed by atoms with van der Waals surface area (Å²) in [6, 6.07) is 8.98. The molecule has 0 aliphatic heterocycles. The monoisotopic (exact) mass is 367 g/mol. The van der Waals surface area contributed by atoms with E-state index in [0.717, 1.165) is 5.95 Å². The molecule has 0 unspecified atom stereocenters. The Morgan fingerprint density at radius 1 is 1.16 bits per heavy atom. The minimum absolute atomic E-state index is 0.580. The van der Waals surface area contributed by atoms with Crippen molar-refractivity contribution in [2.45, 2.75) is 38.1 Å². The van der Waals surface area contributed by atoms with Crippen LogP contribution in [-0.2, 0) is 0 Å². The van der Waals surface area contributed by atoms with Crippen LogP contribution in [0.1, 0.15) is 32.1 Å². The number of para-hydroxylation sites is 1. The van der Waals surface area contributed by atoms with E-state index in [-0.39, 0.29) is 0 Å². The molecule has 1 heterocycles. The quantitative estimate of drug-likeness (QED) is 0.824. The van der Waals surface area contributed by atoms with E-state index in [0.29, 0.717) is 6.04 Å². The van der Waals surface area contributed by atoms with Gasteiger partial charge >= 0.3 is 0 Å². The van der Waals surface area contributed by atoms with E-state index in [1.165, 1.54) is 41.4 Å². The van der Waals surface area contributed by atoms with Gasteiger partial charge in [0.1, 0.15) is 0 Å². The highest BCUT2D eigenvalue weighted by molar-refractivity contribution is 14.1. The summed E-state index contributed by atoms with van der Waals surface area (Å²) in [7, 11) is 0. The molecule has 0 bridgehead atoms. The molecular formula is C15H18IN3. The summed E-state index contributed by atoms with van der Waals surface area (Å²) >= 11 is 2.37. The summed E-state index contributed by atoms with van der Waals surface area (Å²) in [5, 5.41) is 3.60. The van der Waals surface area contributed by atoms with Gasteiger partial charge in [-0.2, -0.15) is 0 Å². The van der Waals surface area contributed by atoms with Crippen molar-refractivity contribution in [3.8, 4) is 5.69 Å². The first-order valence-corrected chi connectivity index (χ1v) is 7.97. The van der Waals surface area contributed by atoms with Gasteiger partial charge in [-0.15, -0.1) is 0 Å². The summed E-state index contributed by atoms with van der Waals surface area (Å²) in [6.07, 6.45) is 10.5. The lowest BCUT2D eigenvalue weighted by atomic mass is 9.96. The molecule has 1 aromatic carbocycles. The normalized spacial score (nSPS) is 16.5. The van der Waals surface area contributed by atoms with Gasteiger partial charge in [0.05, 0.1) is 5.69 Å². The van der Waals surface area contributed by atoms with Crippen molar-refractivity contribution in [1.29, 1.82) is 0 Å². The minimum atomic E-state index is 0.580. The molecule has 3 nitrogen and oxygen atoms in total. The number of rotatable bonds is 3. The van der Waals surface area contributed by atoms with Crippen molar-refractivity contribution in [2.75, 3.05) is 5.32 Å². The summed E-state index contributed by atoms with van der Waals surface area (Å²) in [6.45, 7) is 0. The first-order chi connectivity index (χ1) is 9.34. The Kier molecular flexibility index (Phi) is 4.06. The zero-order valence-electron chi connectivity index (χ0n) is 10.8. The Labute approximate surface area is 127 Å². The number of anilines is 1. The van der Waals surface area contributed by atoms with Crippen molar-refractivity contribution < 1.29 is 0 Å². The standard InChI is InChI=1S/C15H18IN3/c16-13-8-4-5-9-14(13)19-11-10-17-15(19)18-12-6-2-1-3-7-12/h4-5,8-12H,1-3,6-7H2,(H,17,18). The lowest BCUT2D eigenvalue weighted by Crippen LogP contribution is -2.24. The predicted octanol–water partition coefficient (Wildman–Crippen LogP) is 4.22. The number of hydrogen-bond donors (Lipinski definition) is 1. The molecule has 2 aromatic rings. The van der Waals surface area contributed by atoms with E-state index in [1.807, 2.05) is 12.4 Å². The third kappa shape index (κ3) is 2.94. The molecule has 4 heteroatoms. The molecule has 3 rings (SSSR count). The van der Waals surface area contributed by atoms with Gasteiger partial charge in [0.15, 0.2) is 0 Å². The zero-order chi connectivity index (χ0) is 13.1. The topological polar surface area (TPSA) is 29.9 Å². The molecule has 1 aromatic heterocycles.